The minimum absolute atomic E-state index is 0.00577. The highest BCUT2D eigenvalue weighted by atomic mass is 79.9. The smallest absolute Gasteiger partial charge is 0.162 e. The van der Waals surface area contributed by atoms with Gasteiger partial charge in [0.25, 0.3) is 0 Å². The normalized spacial score (nSPS) is 10.4. The predicted molar refractivity (Wildman–Crippen MR) is 73.4 cm³/mol. The average molecular weight is 350 g/mol. The number of hydrogen-bond acceptors (Lipinski definition) is 4. The molecule has 0 aliphatic carbocycles. The fourth-order valence-corrected chi connectivity index (χ4v) is 1.92. The molecule has 2 aromatic rings. The van der Waals surface area contributed by atoms with Crippen LogP contribution in [-0.4, -0.2) is 22.2 Å². The molecule has 94 valence electrons. The van der Waals surface area contributed by atoms with Crippen LogP contribution in [0.4, 0.5) is 0 Å². The van der Waals surface area contributed by atoms with Gasteiger partial charge in [0, 0.05) is 5.56 Å². The Morgan fingerprint density at radius 1 is 1.22 bits per heavy atom. The monoisotopic (exact) mass is 348 g/mol. The van der Waals surface area contributed by atoms with Gasteiger partial charge in [-0.25, -0.2) is 9.97 Å². The van der Waals surface area contributed by atoms with E-state index in [4.69, 9.17) is 27.9 Å². The van der Waals surface area contributed by atoms with Gasteiger partial charge in [0.2, 0.25) is 0 Å². The minimum Gasteiger partial charge on any atom is -0.504 e. The Morgan fingerprint density at radius 2 is 1.83 bits per heavy atom. The molecule has 0 atom stereocenters. The van der Waals surface area contributed by atoms with E-state index >= 15 is 0 Å². The molecule has 0 unspecified atom stereocenters. The summed E-state index contributed by atoms with van der Waals surface area (Å²) < 4.78 is 5.39. The quantitative estimate of drug-likeness (QED) is 0.834. The van der Waals surface area contributed by atoms with Gasteiger partial charge in [0.1, 0.15) is 10.3 Å². The van der Waals surface area contributed by atoms with Crippen molar-refractivity contribution in [2.45, 2.75) is 0 Å². The van der Waals surface area contributed by atoms with Gasteiger partial charge in [-0.3, -0.25) is 0 Å². The molecule has 18 heavy (non-hydrogen) atoms. The number of nitrogens with zero attached hydrogens (tertiary/aromatic N) is 2. The van der Waals surface area contributed by atoms with Crippen LogP contribution in [0.5, 0.6) is 11.5 Å². The number of rotatable bonds is 2. The second-order valence-electron chi connectivity index (χ2n) is 3.33. The van der Waals surface area contributed by atoms with Crippen LogP contribution in [0.1, 0.15) is 0 Å². The lowest BCUT2D eigenvalue weighted by Gasteiger charge is -2.07. The van der Waals surface area contributed by atoms with E-state index in [-0.39, 0.29) is 16.1 Å². The van der Waals surface area contributed by atoms with Crippen molar-refractivity contribution in [3.8, 4) is 22.9 Å². The first-order valence-electron chi connectivity index (χ1n) is 4.79. The molecule has 0 amide bonds. The lowest BCUT2D eigenvalue weighted by Crippen LogP contribution is -1.92. The Morgan fingerprint density at radius 3 is 2.33 bits per heavy atom. The molecule has 0 saturated heterocycles. The van der Waals surface area contributed by atoms with Crippen LogP contribution in [0.3, 0.4) is 0 Å². The fourth-order valence-electron chi connectivity index (χ4n) is 1.35. The summed E-state index contributed by atoms with van der Waals surface area (Å²) in [6, 6.07) is 4.79. The summed E-state index contributed by atoms with van der Waals surface area (Å²) in [7, 11) is 1.47. The lowest BCUT2D eigenvalue weighted by molar-refractivity contribution is 0.373. The number of aromatic hydroxyl groups is 1. The first kappa shape index (κ1) is 13.4. The van der Waals surface area contributed by atoms with E-state index in [1.54, 1.807) is 12.1 Å². The van der Waals surface area contributed by atoms with Crippen molar-refractivity contribution in [1.82, 2.24) is 9.97 Å². The molecule has 0 bridgehead atoms. The minimum atomic E-state index is -0.00577. The van der Waals surface area contributed by atoms with E-state index in [0.29, 0.717) is 21.6 Å². The van der Waals surface area contributed by atoms with Crippen molar-refractivity contribution in [3.05, 3.63) is 33.0 Å². The summed E-state index contributed by atoms with van der Waals surface area (Å²) in [5.41, 5.74) is 0.588. The molecular weight excluding hydrogens is 343 g/mol. The Bertz CT molecular complexity index is 585. The zero-order chi connectivity index (χ0) is 13.3. The second kappa shape index (κ2) is 5.30. The van der Waals surface area contributed by atoms with Gasteiger partial charge in [-0.15, -0.1) is 0 Å². The van der Waals surface area contributed by atoms with Crippen molar-refractivity contribution in [2.24, 2.45) is 0 Å². The van der Waals surface area contributed by atoms with Gasteiger partial charge in [-0.1, -0.05) is 23.2 Å². The molecule has 7 heteroatoms. The van der Waals surface area contributed by atoms with E-state index in [9.17, 15) is 5.11 Å². The highest BCUT2D eigenvalue weighted by Gasteiger charge is 2.12. The van der Waals surface area contributed by atoms with Crippen LogP contribution in [0, 0.1) is 0 Å². The first-order valence-corrected chi connectivity index (χ1v) is 6.33. The number of phenolic OH excluding ortho intramolecular Hbond substituents is 1. The summed E-state index contributed by atoms with van der Waals surface area (Å²) in [6.07, 6.45) is 0. The van der Waals surface area contributed by atoms with Gasteiger partial charge in [-0.2, -0.15) is 0 Å². The van der Waals surface area contributed by atoms with E-state index in [0.717, 1.165) is 0 Å². The molecule has 0 fully saturated rings. The zero-order valence-corrected chi connectivity index (χ0v) is 12.2. The summed E-state index contributed by atoms with van der Waals surface area (Å²) in [6.45, 7) is 0. The van der Waals surface area contributed by atoms with Crippen LogP contribution in [0.15, 0.2) is 22.7 Å². The maximum absolute atomic E-state index is 9.69. The van der Waals surface area contributed by atoms with E-state index in [1.165, 1.54) is 13.2 Å². The maximum atomic E-state index is 9.69. The molecule has 1 aromatic heterocycles. The van der Waals surface area contributed by atoms with Crippen molar-refractivity contribution >= 4 is 39.1 Å². The van der Waals surface area contributed by atoms with Crippen molar-refractivity contribution in [2.75, 3.05) is 7.11 Å². The van der Waals surface area contributed by atoms with Crippen LogP contribution in [-0.2, 0) is 0 Å². The van der Waals surface area contributed by atoms with E-state index < -0.39 is 0 Å². The summed E-state index contributed by atoms with van der Waals surface area (Å²) in [4.78, 5) is 8.14. The average Bonchev–Trinajstić information content (AvgIpc) is 2.35. The molecule has 0 spiro atoms. The number of aromatic nitrogens is 2. The van der Waals surface area contributed by atoms with Gasteiger partial charge in [-0.05, 0) is 34.1 Å². The third kappa shape index (κ3) is 2.53. The Labute approximate surface area is 122 Å². The number of phenols is 1. The molecule has 4 nitrogen and oxygen atoms in total. The largest absolute Gasteiger partial charge is 0.504 e. The third-order valence-corrected chi connectivity index (χ3v) is 3.96. The molecule has 0 radical (unpaired) electrons. The van der Waals surface area contributed by atoms with Crippen LogP contribution in [0.25, 0.3) is 11.4 Å². The fraction of sp³-hybridized carbons (Fsp3) is 0.0909. The number of ether oxygens (including phenoxy) is 1. The van der Waals surface area contributed by atoms with Gasteiger partial charge in [0.15, 0.2) is 17.3 Å². The van der Waals surface area contributed by atoms with E-state index in [1.807, 2.05) is 0 Å². The summed E-state index contributed by atoms with van der Waals surface area (Å²) >= 11 is 15.0. The topological polar surface area (TPSA) is 55.2 Å². The summed E-state index contributed by atoms with van der Waals surface area (Å²) in [5, 5.41) is 10.1. The molecule has 1 heterocycles. The Balaban J connectivity index is 2.52. The molecule has 0 saturated carbocycles. The van der Waals surface area contributed by atoms with Crippen molar-refractivity contribution in [1.29, 1.82) is 0 Å². The SMILES string of the molecule is COc1ccc(-c2nc(Cl)c(Br)c(Cl)n2)cc1O. The van der Waals surface area contributed by atoms with Gasteiger partial charge >= 0.3 is 0 Å². The summed E-state index contributed by atoms with van der Waals surface area (Å²) in [5.74, 6) is 0.688. The zero-order valence-electron chi connectivity index (χ0n) is 9.12. The molecule has 0 aliphatic heterocycles. The van der Waals surface area contributed by atoms with Crippen LogP contribution < -0.4 is 4.74 Å². The standard InChI is InChI=1S/C11H7BrCl2N2O2/c1-18-7-3-2-5(4-6(7)17)11-15-9(13)8(12)10(14)16-11/h2-4,17H,1H3. The maximum Gasteiger partial charge on any atom is 0.162 e. The molecule has 1 aromatic carbocycles. The first-order chi connectivity index (χ1) is 8.52. The van der Waals surface area contributed by atoms with Crippen molar-refractivity contribution < 1.29 is 9.84 Å². The molecule has 2 rings (SSSR count). The number of halogens is 3. The Kier molecular flexibility index (Phi) is 3.94. The van der Waals surface area contributed by atoms with Crippen molar-refractivity contribution in [3.63, 3.8) is 0 Å². The second-order valence-corrected chi connectivity index (χ2v) is 4.84. The van der Waals surface area contributed by atoms with E-state index in [2.05, 4.69) is 25.9 Å². The molecular formula is C11H7BrCl2N2O2. The molecule has 0 aliphatic rings. The highest BCUT2D eigenvalue weighted by Crippen LogP contribution is 2.33. The Hall–Kier alpha value is -1.04. The highest BCUT2D eigenvalue weighted by molar-refractivity contribution is 9.10. The predicted octanol–water partition coefficient (Wildman–Crippen LogP) is 3.93. The number of hydrogen-bond donors (Lipinski definition) is 1. The molecule has 1 N–H and O–H groups in total. The lowest BCUT2D eigenvalue weighted by atomic mass is 10.2. The number of methoxy groups -OCH3 is 1. The van der Waals surface area contributed by atoms with Crippen LogP contribution in [0.2, 0.25) is 10.3 Å². The van der Waals surface area contributed by atoms with Gasteiger partial charge in [0.05, 0.1) is 11.6 Å². The van der Waals surface area contributed by atoms with Gasteiger partial charge < -0.3 is 9.84 Å². The van der Waals surface area contributed by atoms with Crippen LogP contribution >= 0.6 is 39.1 Å². The number of benzene rings is 1. The third-order valence-electron chi connectivity index (χ3n) is 2.21.